The Balaban J connectivity index is 1.54. The van der Waals surface area contributed by atoms with E-state index in [1.165, 1.54) is 0 Å². The van der Waals surface area contributed by atoms with Crippen molar-refractivity contribution in [3.8, 4) is 0 Å². The first kappa shape index (κ1) is 30.6. The molecule has 2 heterocycles. The minimum absolute atomic E-state index is 0.0259. The second-order valence-corrected chi connectivity index (χ2v) is 17.4. The zero-order valence-electron chi connectivity index (χ0n) is 24.0. The Kier molecular flexibility index (Phi) is 9.65. The molecule has 0 N–H and O–H groups in total. The molecule has 1 fully saturated rings. The van der Waals surface area contributed by atoms with Crippen LogP contribution in [0.5, 0.6) is 0 Å². The molecule has 0 spiro atoms. The summed E-state index contributed by atoms with van der Waals surface area (Å²) in [5.41, 5.74) is 2.44. The van der Waals surface area contributed by atoms with Crippen molar-refractivity contribution in [2.45, 2.75) is 84.5 Å². The summed E-state index contributed by atoms with van der Waals surface area (Å²) < 4.78 is 14.3. The summed E-state index contributed by atoms with van der Waals surface area (Å²) >= 11 is 12.4. The number of hydrogen-bond acceptors (Lipinski definition) is 5. The van der Waals surface area contributed by atoms with Gasteiger partial charge in [-0.1, -0.05) is 74.3 Å². The van der Waals surface area contributed by atoms with Gasteiger partial charge in [0.05, 0.1) is 46.1 Å². The van der Waals surface area contributed by atoms with Gasteiger partial charge in [0.25, 0.3) is 0 Å². The standard InChI is InChI=1S/C30H39Cl2N3O4Si/c1-30(2,3)19-40(4,5)39-28-12-9-13-35(29(37)38-18-21-10-7-6-8-11-21)27(28)14-22(36)17-34-20-33-25-15-23(31)24(32)16-26(25)34/h6-8,10-11,15-16,20,27-28H,9,12-14,17-19H2,1-5H3/t27-,28+/m1/s1. The molecule has 4 rings (SSSR count). The number of benzene rings is 2. The van der Waals surface area contributed by atoms with Crippen molar-refractivity contribution in [1.29, 1.82) is 0 Å². The molecule has 10 heteroatoms. The van der Waals surface area contributed by atoms with Crippen LogP contribution in [0.4, 0.5) is 4.79 Å². The number of Topliss-reactive ketones (excluding diaryl/α,β-unsaturated/α-hetero) is 1. The van der Waals surface area contributed by atoms with E-state index in [9.17, 15) is 9.59 Å². The maximum absolute atomic E-state index is 13.5. The molecule has 0 unspecified atom stereocenters. The van der Waals surface area contributed by atoms with E-state index in [0.29, 0.717) is 22.1 Å². The average molecular weight is 605 g/mol. The molecule has 1 saturated heterocycles. The number of aromatic nitrogens is 2. The Morgan fingerprint density at radius 1 is 1.10 bits per heavy atom. The minimum atomic E-state index is -2.10. The van der Waals surface area contributed by atoms with E-state index >= 15 is 0 Å². The monoisotopic (exact) mass is 603 g/mol. The van der Waals surface area contributed by atoms with Crippen LogP contribution in [0.25, 0.3) is 11.0 Å². The first-order valence-corrected chi connectivity index (χ1v) is 17.7. The van der Waals surface area contributed by atoms with Crippen LogP contribution in [0, 0.1) is 5.41 Å². The molecule has 7 nitrogen and oxygen atoms in total. The van der Waals surface area contributed by atoms with Gasteiger partial charge >= 0.3 is 6.09 Å². The van der Waals surface area contributed by atoms with Gasteiger partial charge in [-0.25, -0.2) is 9.78 Å². The van der Waals surface area contributed by atoms with Crippen molar-refractivity contribution in [1.82, 2.24) is 14.5 Å². The molecule has 2 atom stereocenters. The summed E-state index contributed by atoms with van der Waals surface area (Å²) in [6.07, 6.45) is 2.71. The number of carbonyl (C=O) groups excluding carboxylic acids is 2. The molecule has 0 saturated carbocycles. The molecule has 1 amide bonds. The molecule has 1 aliphatic rings. The largest absolute Gasteiger partial charge is 0.445 e. The van der Waals surface area contributed by atoms with E-state index in [-0.39, 0.29) is 36.9 Å². The highest BCUT2D eigenvalue weighted by atomic mass is 35.5. The Hall–Kier alpha value is -2.39. The van der Waals surface area contributed by atoms with Crippen molar-refractivity contribution < 1.29 is 18.8 Å². The average Bonchev–Trinajstić information content (AvgIpc) is 3.23. The lowest BCUT2D eigenvalue weighted by molar-refractivity contribution is -0.122. The highest BCUT2D eigenvalue weighted by molar-refractivity contribution is 6.71. The Labute approximate surface area is 247 Å². The molecule has 0 bridgehead atoms. The number of ether oxygens (including phenoxy) is 1. The minimum Gasteiger partial charge on any atom is -0.445 e. The van der Waals surface area contributed by atoms with E-state index in [4.69, 9.17) is 32.4 Å². The summed E-state index contributed by atoms with van der Waals surface area (Å²) in [7, 11) is -2.10. The maximum Gasteiger partial charge on any atom is 0.410 e. The van der Waals surface area contributed by atoms with Gasteiger partial charge in [0.15, 0.2) is 14.1 Å². The Morgan fingerprint density at radius 3 is 2.50 bits per heavy atom. The molecular weight excluding hydrogens is 565 g/mol. The lowest BCUT2D eigenvalue weighted by atomic mass is 9.95. The van der Waals surface area contributed by atoms with Crippen LogP contribution in [0.1, 0.15) is 45.6 Å². The van der Waals surface area contributed by atoms with E-state index in [1.807, 2.05) is 30.3 Å². The predicted molar refractivity (Wildman–Crippen MR) is 162 cm³/mol. The summed E-state index contributed by atoms with van der Waals surface area (Å²) in [4.78, 5) is 33.0. The third kappa shape index (κ3) is 8.09. The number of amides is 1. The third-order valence-electron chi connectivity index (χ3n) is 7.03. The van der Waals surface area contributed by atoms with Gasteiger partial charge in [0.1, 0.15) is 6.61 Å². The summed E-state index contributed by atoms with van der Waals surface area (Å²) in [5, 5.41) is 0.821. The highest BCUT2D eigenvalue weighted by Crippen LogP contribution is 2.33. The number of imidazole rings is 1. The van der Waals surface area contributed by atoms with Crippen LogP contribution < -0.4 is 0 Å². The van der Waals surface area contributed by atoms with E-state index < -0.39 is 20.5 Å². The van der Waals surface area contributed by atoms with Crippen LogP contribution in [0.2, 0.25) is 29.2 Å². The second-order valence-electron chi connectivity index (χ2n) is 12.5. The molecule has 40 heavy (non-hydrogen) atoms. The lowest BCUT2D eigenvalue weighted by Gasteiger charge is -2.44. The van der Waals surface area contributed by atoms with E-state index in [0.717, 1.165) is 30.0 Å². The number of carbonyl (C=O) groups is 2. The lowest BCUT2D eigenvalue weighted by Crippen LogP contribution is -2.55. The van der Waals surface area contributed by atoms with E-state index in [2.05, 4.69) is 38.8 Å². The summed E-state index contributed by atoms with van der Waals surface area (Å²) in [6.45, 7) is 11.9. The molecule has 0 radical (unpaired) electrons. The number of piperidine rings is 1. The van der Waals surface area contributed by atoms with Crippen molar-refractivity contribution >= 4 is 54.4 Å². The highest BCUT2D eigenvalue weighted by Gasteiger charge is 2.41. The van der Waals surface area contributed by atoms with Crippen LogP contribution in [0.3, 0.4) is 0 Å². The third-order valence-corrected chi connectivity index (χ3v) is 10.6. The van der Waals surface area contributed by atoms with Gasteiger partial charge in [0.2, 0.25) is 0 Å². The fourth-order valence-electron chi connectivity index (χ4n) is 5.83. The topological polar surface area (TPSA) is 73.7 Å². The first-order valence-electron chi connectivity index (χ1n) is 13.8. The number of likely N-dealkylation sites (tertiary alicyclic amines) is 1. The quantitative estimate of drug-likeness (QED) is 0.234. The molecule has 1 aromatic heterocycles. The van der Waals surface area contributed by atoms with Crippen LogP contribution in [0.15, 0.2) is 48.8 Å². The van der Waals surface area contributed by atoms with Gasteiger partial charge in [-0.2, -0.15) is 0 Å². The number of hydrogen-bond donors (Lipinski definition) is 0. The molecule has 1 aliphatic heterocycles. The normalized spacial score (nSPS) is 18.2. The first-order chi connectivity index (χ1) is 18.8. The smallest absolute Gasteiger partial charge is 0.410 e. The Bertz CT molecular complexity index is 1340. The fraction of sp³-hybridized carbons (Fsp3) is 0.500. The number of rotatable bonds is 9. The number of ketones is 1. The van der Waals surface area contributed by atoms with Gasteiger partial charge in [-0.15, -0.1) is 0 Å². The van der Waals surface area contributed by atoms with Gasteiger partial charge in [0, 0.05) is 13.0 Å². The van der Waals surface area contributed by atoms with Gasteiger partial charge in [-0.3, -0.25) is 4.79 Å². The number of nitrogens with zero attached hydrogens (tertiary/aromatic N) is 3. The van der Waals surface area contributed by atoms with E-state index in [1.54, 1.807) is 27.9 Å². The molecule has 3 aromatic rings. The zero-order valence-corrected chi connectivity index (χ0v) is 26.5. The molecule has 2 aromatic carbocycles. The number of halogens is 2. The van der Waals surface area contributed by atoms with Crippen LogP contribution >= 0.6 is 23.2 Å². The van der Waals surface area contributed by atoms with Crippen LogP contribution in [-0.2, 0) is 27.1 Å². The number of fused-ring (bicyclic) bond motifs is 1. The van der Waals surface area contributed by atoms with Gasteiger partial charge < -0.3 is 18.6 Å². The van der Waals surface area contributed by atoms with Gasteiger partial charge in [-0.05, 0) is 55.1 Å². The van der Waals surface area contributed by atoms with Crippen molar-refractivity contribution in [3.05, 3.63) is 64.4 Å². The van der Waals surface area contributed by atoms with Crippen LogP contribution in [-0.4, -0.2) is 53.3 Å². The van der Waals surface area contributed by atoms with Crippen molar-refractivity contribution in [2.75, 3.05) is 6.54 Å². The summed E-state index contributed by atoms with van der Waals surface area (Å²) in [5.74, 6) is -0.0259. The predicted octanol–water partition coefficient (Wildman–Crippen LogP) is 7.74. The SMILES string of the molecule is CC(C)(C)C[Si](C)(C)O[C@H]1CCCN(C(=O)OCc2ccccc2)[C@@H]1CC(=O)Cn1cnc2cc(Cl)c(Cl)cc21. The molecule has 0 aliphatic carbocycles. The van der Waals surface area contributed by atoms with Crippen molar-refractivity contribution in [3.63, 3.8) is 0 Å². The van der Waals surface area contributed by atoms with Crippen molar-refractivity contribution in [2.24, 2.45) is 5.41 Å². The zero-order chi connectivity index (χ0) is 29.1. The molecular formula is C30H39Cl2N3O4Si. The molecule has 216 valence electrons. The fourth-order valence-corrected chi connectivity index (χ4v) is 9.87. The summed E-state index contributed by atoms with van der Waals surface area (Å²) in [6, 6.07) is 13.6. The Morgan fingerprint density at radius 2 is 1.80 bits per heavy atom. The maximum atomic E-state index is 13.5. The second kappa shape index (κ2) is 12.6.